The molecule has 1 aliphatic heterocycles. The third-order valence-electron chi connectivity index (χ3n) is 5.85. The fourth-order valence-electron chi connectivity index (χ4n) is 4.36. The quantitative estimate of drug-likeness (QED) is 0.418. The summed E-state index contributed by atoms with van der Waals surface area (Å²) in [6.45, 7) is 5.35. The third-order valence-corrected chi connectivity index (χ3v) is 5.85. The van der Waals surface area contributed by atoms with Crippen molar-refractivity contribution in [2.24, 2.45) is 0 Å². The van der Waals surface area contributed by atoms with E-state index in [4.69, 9.17) is 4.84 Å². The second-order valence-corrected chi connectivity index (χ2v) is 8.07. The molecular formula is C24H28N6O3. The van der Waals surface area contributed by atoms with Gasteiger partial charge in [0.05, 0.1) is 18.8 Å². The molecule has 9 nitrogen and oxygen atoms in total. The minimum absolute atomic E-state index is 0.0182. The number of rotatable bonds is 8. The van der Waals surface area contributed by atoms with Crippen LogP contribution in [0.25, 0.3) is 11.1 Å². The van der Waals surface area contributed by atoms with Gasteiger partial charge in [-0.1, -0.05) is 12.1 Å². The zero-order valence-electron chi connectivity index (χ0n) is 19.0. The summed E-state index contributed by atoms with van der Waals surface area (Å²) in [7, 11) is 1.91. The van der Waals surface area contributed by atoms with Gasteiger partial charge in [0.2, 0.25) is 0 Å². The predicted octanol–water partition coefficient (Wildman–Crippen LogP) is 3.07. The van der Waals surface area contributed by atoms with E-state index in [-0.39, 0.29) is 11.9 Å². The van der Waals surface area contributed by atoms with Crippen LogP contribution in [0.15, 0.2) is 55.0 Å². The third kappa shape index (κ3) is 4.58. The Morgan fingerprint density at radius 2 is 2.15 bits per heavy atom. The molecule has 3 heterocycles. The van der Waals surface area contributed by atoms with Gasteiger partial charge in [-0.25, -0.2) is 4.98 Å². The van der Waals surface area contributed by atoms with Gasteiger partial charge in [0.15, 0.2) is 0 Å². The van der Waals surface area contributed by atoms with Crippen LogP contribution in [0.1, 0.15) is 31.9 Å². The summed E-state index contributed by atoms with van der Waals surface area (Å²) in [5.41, 5.74) is 3.75. The van der Waals surface area contributed by atoms with E-state index in [0.717, 1.165) is 46.3 Å². The number of nitrogens with zero attached hydrogens (tertiary/aromatic N) is 5. The average Bonchev–Trinajstić information content (AvgIpc) is 3.30. The van der Waals surface area contributed by atoms with Crippen LogP contribution in [0.5, 0.6) is 0 Å². The maximum atomic E-state index is 12.4. The van der Waals surface area contributed by atoms with Crippen molar-refractivity contribution in [3.05, 3.63) is 60.6 Å². The van der Waals surface area contributed by atoms with Crippen LogP contribution in [-0.4, -0.2) is 51.8 Å². The van der Waals surface area contributed by atoms with Gasteiger partial charge >= 0.3 is 6.47 Å². The molecule has 33 heavy (non-hydrogen) atoms. The molecule has 0 spiro atoms. The van der Waals surface area contributed by atoms with Crippen molar-refractivity contribution in [1.29, 1.82) is 0 Å². The summed E-state index contributed by atoms with van der Waals surface area (Å²) >= 11 is 0. The number of carbonyl (C=O) groups excluding carboxylic acids is 2. The first-order valence-corrected chi connectivity index (χ1v) is 10.9. The number of aromatic nitrogens is 3. The van der Waals surface area contributed by atoms with Crippen molar-refractivity contribution >= 4 is 23.9 Å². The number of pyridine rings is 1. The van der Waals surface area contributed by atoms with Crippen molar-refractivity contribution < 1.29 is 14.4 Å². The van der Waals surface area contributed by atoms with Crippen LogP contribution >= 0.6 is 0 Å². The SMILES string of the molecule is CNCCn1cc(-c2ccc3c(c2)C(N(OC=O)C(C)=O)CC(C)N3c2ccccn2)cn1. The summed E-state index contributed by atoms with van der Waals surface area (Å²) in [5, 5.41) is 8.73. The molecule has 1 N–H and O–H groups in total. The zero-order valence-corrected chi connectivity index (χ0v) is 19.0. The van der Waals surface area contributed by atoms with E-state index >= 15 is 0 Å². The Kier molecular flexibility index (Phi) is 6.69. The topological polar surface area (TPSA) is 92.6 Å². The fourth-order valence-corrected chi connectivity index (χ4v) is 4.36. The molecule has 1 amide bonds. The van der Waals surface area contributed by atoms with Gasteiger partial charge < -0.3 is 15.1 Å². The fraction of sp³-hybridized carbons (Fsp3) is 0.333. The molecule has 2 aromatic heterocycles. The molecule has 2 unspecified atom stereocenters. The Hall–Kier alpha value is -3.72. The van der Waals surface area contributed by atoms with Crippen LogP contribution in [0.4, 0.5) is 11.5 Å². The smallest absolute Gasteiger partial charge is 0.320 e. The van der Waals surface area contributed by atoms with Crippen LogP contribution in [0, 0.1) is 0 Å². The van der Waals surface area contributed by atoms with E-state index in [9.17, 15) is 9.59 Å². The van der Waals surface area contributed by atoms with E-state index in [1.807, 2.05) is 60.5 Å². The van der Waals surface area contributed by atoms with Crippen molar-refractivity contribution in [3.8, 4) is 11.1 Å². The van der Waals surface area contributed by atoms with E-state index in [0.29, 0.717) is 12.9 Å². The Morgan fingerprint density at radius 3 is 2.85 bits per heavy atom. The Balaban J connectivity index is 1.80. The number of fused-ring (bicyclic) bond motifs is 1. The van der Waals surface area contributed by atoms with Crippen molar-refractivity contribution in [1.82, 2.24) is 25.1 Å². The first-order valence-electron chi connectivity index (χ1n) is 10.9. The van der Waals surface area contributed by atoms with Crippen molar-refractivity contribution in [2.75, 3.05) is 18.5 Å². The standard InChI is InChI=1S/C24H28N6O3/c1-17-12-23(30(18(2)32)33-16-31)21-13-19(20-14-27-28(15-20)11-10-25-3)7-8-22(21)29(17)24-6-4-5-9-26-24/h4-9,13-17,23,25H,10-12H2,1-3H3. The highest BCUT2D eigenvalue weighted by atomic mass is 16.7. The highest BCUT2D eigenvalue weighted by molar-refractivity contribution is 5.77. The number of hydrogen-bond donors (Lipinski definition) is 1. The summed E-state index contributed by atoms with van der Waals surface area (Å²) in [6.07, 6.45) is 6.17. The molecule has 172 valence electrons. The van der Waals surface area contributed by atoms with Crippen LogP contribution in [-0.2, 0) is 21.0 Å². The molecule has 0 fully saturated rings. The lowest BCUT2D eigenvalue weighted by Crippen LogP contribution is -2.43. The molecule has 0 radical (unpaired) electrons. The number of nitrogens with one attached hydrogen (secondary N) is 1. The Bertz CT molecular complexity index is 1120. The number of hydroxylamine groups is 2. The molecule has 0 bridgehead atoms. The van der Waals surface area contributed by atoms with E-state index in [1.54, 1.807) is 6.20 Å². The minimum Gasteiger partial charge on any atom is -0.341 e. The molecule has 4 rings (SSSR count). The monoisotopic (exact) mass is 448 g/mol. The molecule has 3 aromatic rings. The largest absolute Gasteiger partial charge is 0.341 e. The van der Waals surface area contributed by atoms with E-state index in [2.05, 4.69) is 27.2 Å². The molecular weight excluding hydrogens is 420 g/mol. The molecule has 0 saturated carbocycles. The summed E-state index contributed by atoms with van der Waals surface area (Å²) in [5.74, 6) is 0.491. The molecule has 9 heteroatoms. The van der Waals surface area contributed by atoms with Gasteiger partial charge in [-0.2, -0.15) is 10.2 Å². The Morgan fingerprint density at radius 1 is 1.30 bits per heavy atom. The highest BCUT2D eigenvalue weighted by Crippen LogP contribution is 2.45. The Labute approximate surface area is 192 Å². The van der Waals surface area contributed by atoms with Crippen LogP contribution in [0.3, 0.4) is 0 Å². The van der Waals surface area contributed by atoms with Gasteiger partial charge in [0, 0.05) is 48.7 Å². The van der Waals surface area contributed by atoms with Crippen molar-refractivity contribution in [3.63, 3.8) is 0 Å². The second kappa shape index (κ2) is 9.83. The van der Waals surface area contributed by atoms with Crippen LogP contribution < -0.4 is 10.2 Å². The number of carbonyl (C=O) groups is 2. The molecule has 1 aromatic carbocycles. The van der Waals surface area contributed by atoms with Gasteiger partial charge in [0.25, 0.3) is 5.91 Å². The number of hydrogen-bond acceptors (Lipinski definition) is 7. The second-order valence-electron chi connectivity index (χ2n) is 8.07. The lowest BCUT2D eigenvalue weighted by molar-refractivity contribution is -0.197. The predicted molar refractivity (Wildman–Crippen MR) is 124 cm³/mol. The molecule has 2 atom stereocenters. The van der Waals surface area contributed by atoms with Gasteiger partial charge in [-0.05, 0) is 50.2 Å². The zero-order chi connectivity index (χ0) is 23.4. The first-order chi connectivity index (χ1) is 16.0. The number of likely N-dealkylation sites (N-methyl/N-ethyl adjacent to an activating group) is 1. The maximum absolute atomic E-state index is 12.4. The molecule has 0 aliphatic carbocycles. The highest BCUT2D eigenvalue weighted by Gasteiger charge is 2.37. The number of amides is 1. The summed E-state index contributed by atoms with van der Waals surface area (Å²) < 4.78 is 1.89. The van der Waals surface area contributed by atoms with E-state index in [1.165, 1.54) is 6.92 Å². The average molecular weight is 449 g/mol. The number of anilines is 2. The minimum atomic E-state index is -0.419. The van der Waals surface area contributed by atoms with Crippen molar-refractivity contribution in [2.45, 2.75) is 38.9 Å². The lowest BCUT2D eigenvalue weighted by Gasteiger charge is -2.42. The number of benzene rings is 1. The summed E-state index contributed by atoms with van der Waals surface area (Å²) in [6, 6.07) is 11.5. The lowest BCUT2D eigenvalue weighted by atomic mass is 9.89. The normalized spacial score (nSPS) is 17.4. The maximum Gasteiger partial charge on any atom is 0.320 e. The summed E-state index contributed by atoms with van der Waals surface area (Å²) in [4.78, 5) is 35.4. The van der Waals surface area contributed by atoms with Gasteiger partial charge in [0.1, 0.15) is 5.82 Å². The van der Waals surface area contributed by atoms with Gasteiger partial charge in [-0.15, -0.1) is 0 Å². The van der Waals surface area contributed by atoms with Crippen LogP contribution in [0.2, 0.25) is 0 Å². The molecule has 0 saturated heterocycles. The molecule has 1 aliphatic rings. The first kappa shape index (κ1) is 22.5. The van der Waals surface area contributed by atoms with Gasteiger partial charge in [-0.3, -0.25) is 14.3 Å². The van der Waals surface area contributed by atoms with E-state index < -0.39 is 6.04 Å².